The topological polar surface area (TPSA) is 50.3 Å². The highest BCUT2D eigenvalue weighted by atomic mass is 19.1. The summed E-state index contributed by atoms with van der Waals surface area (Å²) in [6.45, 7) is 0. The van der Waals surface area contributed by atoms with Gasteiger partial charge in [0.25, 0.3) is 0 Å². The number of halogens is 2. The molecule has 2 aromatic rings. The Morgan fingerprint density at radius 2 is 1.48 bits per heavy atom. The number of hydrogen-bond donors (Lipinski definition) is 0. The lowest BCUT2D eigenvalue weighted by atomic mass is 9.36. The van der Waals surface area contributed by atoms with Crippen LogP contribution in [0.5, 0.6) is 0 Å². The Kier molecular flexibility index (Phi) is 3.33. The maximum Gasteiger partial charge on any atom is 0.230 e. The Hall–Kier alpha value is -2.63. The zero-order valence-corrected chi connectivity index (χ0v) is 14.6. The number of rotatable bonds is 3. The minimum atomic E-state index is -0.689. The molecular weight excluding hydrogens is 350 g/mol. The molecule has 6 heteroatoms. The van der Waals surface area contributed by atoms with Gasteiger partial charge in [-0.25, -0.2) is 8.78 Å². The summed E-state index contributed by atoms with van der Waals surface area (Å²) < 4.78 is 27.0. The molecule has 1 aromatic heterocycles. The molecule has 4 nitrogen and oxygen atoms in total. The van der Waals surface area contributed by atoms with E-state index in [1.807, 2.05) is 12.1 Å². The zero-order chi connectivity index (χ0) is 18.8. The molecule has 4 aliphatic rings. The van der Waals surface area contributed by atoms with Gasteiger partial charge < -0.3 is 0 Å². The number of carbonyl (C=O) groups excluding carboxylic acids is 2. The Balaban J connectivity index is 1.33. The summed E-state index contributed by atoms with van der Waals surface area (Å²) in [4.78, 5) is 31.0. The Labute approximate surface area is 155 Å². The number of carbonyl (C=O) groups is 2. The summed E-state index contributed by atoms with van der Waals surface area (Å²) in [6, 6.07) is 7.21. The fourth-order valence-corrected chi connectivity index (χ4v) is 5.37. The van der Waals surface area contributed by atoms with E-state index in [0.29, 0.717) is 5.56 Å². The van der Waals surface area contributed by atoms with Crippen molar-refractivity contribution in [3.63, 3.8) is 0 Å². The first-order valence-electron chi connectivity index (χ1n) is 9.13. The molecular formula is C21H18F2N2O2. The van der Waals surface area contributed by atoms with E-state index >= 15 is 0 Å². The third-order valence-corrected chi connectivity index (χ3v) is 6.47. The molecule has 1 aromatic carbocycles. The number of hydrogen-bond acceptors (Lipinski definition) is 3. The summed E-state index contributed by atoms with van der Waals surface area (Å²) in [7, 11) is 0. The van der Waals surface area contributed by atoms with Crippen LogP contribution in [0.25, 0.3) is 0 Å². The monoisotopic (exact) mass is 368 g/mol. The van der Waals surface area contributed by atoms with Crippen LogP contribution in [0.2, 0.25) is 0 Å². The molecule has 2 heterocycles. The smallest absolute Gasteiger partial charge is 0.230 e. The van der Waals surface area contributed by atoms with E-state index in [2.05, 4.69) is 4.98 Å². The van der Waals surface area contributed by atoms with Gasteiger partial charge in [0.15, 0.2) is 0 Å². The average molecular weight is 368 g/mol. The van der Waals surface area contributed by atoms with E-state index in [4.69, 9.17) is 0 Å². The summed E-state index contributed by atoms with van der Waals surface area (Å²) in [5.74, 6) is -2.31. The lowest BCUT2D eigenvalue weighted by molar-refractivity contribution is -0.195. The molecule has 3 saturated carbocycles. The lowest BCUT2D eigenvalue weighted by Gasteiger charge is -2.73. The third kappa shape index (κ3) is 2.35. The minimum absolute atomic E-state index is 0.0615. The molecule has 2 bridgehead atoms. The maximum absolute atomic E-state index is 13.5. The summed E-state index contributed by atoms with van der Waals surface area (Å²) >= 11 is 0. The van der Waals surface area contributed by atoms with Crippen molar-refractivity contribution in [1.82, 2.24) is 9.88 Å². The molecule has 0 radical (unpaired) electrons. The first-order valence-corrected chi connectivity index (χ1v) is 9.13. The van der Waals surface area contributed by atoms with Crippen LogP contribution in [0, 0.1) is 11.6 Å². The van der Waals surface area contributed by atoms with Crippen LogP contribution in [0.15, 0.2) is 42.7 Å². The third-order valence-electron chi connectivity index (χ3n) is 6.47. The normalized spacial score (nSPS) is 30.1. The van der Waals surface area contributed by atoms with Crippen LogP contribution in [0.1, 0.15) is 49.1 Å². The Morgan fingerprint density at radius 1 is 0.926 bits per heavy atom. The highest BCUT2D eigenvalue weighted by molar-refractivity contribution is 6.00. The van der Waals surface area contributed by atoms with Gasteiger partial charge in [0, 0.05) is 42.6 Å². The van der Waals surface area contributed by atoms with Crippen molar-refractivity contribution in [3.8, 4) is 0 Å². The van der Waals surface area contributed by atoms with Crippen LogP contribution < -0.4 is 0 Å². The molecule has 0 atom stereocenters. The van der Waals surface area contributed by atoms with Gasteiger partial charge in [-0.1, -0.05) is 0 Å². The van der Waals surface area contributed by atoms with Gasteiger partial charge in [-0.05, 0) is 54.7 Å². The number of nitrogens with zero attached hydrogens (tertiary/aromatic N) is 2. The molecule has 1 aliphatic heterocycles. The number of benzene rings is 1. The van der Waals surface area contributed by atoms with E-state index in [0.717, 1.165) is 25.3 Å². The number of pyridine rings is 1. The average Bonchev–Trinajstić information content (AvgIpc) is 2.55. The van der Waals surface area contributed by atoms with Gasteiger partial charge in [0.1, 0.15) is 11.6 Å². The molecule has 0 unspecified atom stereocenters. The highest BCUT2D eigenvalue weighted by Crippen LogP contribution is 2.70. The lowest BCUT2D eigenvalue weighted by Crippen LogP contribution is -2.78. The first kappa shape index (κ1) is 16.5. The van der Waals surface area contributed by atoms with Crippen molar-refractivity contribution in [2.45, 2.75) is 49.0 Å². The van der Waals surface area contributed by atoms with E-state index in [9.17, 15) is 18.4 Å². The van der Waals surface area contributed by atoms with E-state index in [-0.39, 0.29) is 35.6 Å². The molecule has 2 amide bonds. The van der Waals surface area contributed by atoms with Crippen LogP contribution in [-0.4, -0.2) is 27.2 Å². The molecule has 6 rings (SSSR count). The number of likely N-dealkylation sites (tertiary alicyclic amines) is 1. The minimum Gasteiger partial charge on any atom is -0.276 e. The van der Waals surface area contributed by atoms with Crippen molar-refractivity contribution in [1.29, 1.82) is 0 Å². The fourth-order valence-electron chi connectivity index (χ4n) is 5.37. The number of piperidine rings is 1. The second kappa shape index (κ2) is 5.44. The predicted octanol–water partition coefficient (Wildman–Crippen LogP) is 3.47. The Bertz CT molecular complexity index is 902. The Morgan fingerprint density at radius 3 is 2.04 bits per heavy atom. The van der Waals surface area contributed by atoms with Crippen molar-refractivity contribution in [3.05, 3.63) is 65.5 Å². The highest BCUT2D eigenvalue weighted by Gasteiger charge is 2.72. The van der Waals surface area contributed by atoms with Gasteiger partial charge in [-0.2, -0.15) is 0 Å². The van der Waals surface area contributed by atoms with E-state index in [1.54, 1.807) is 12.4 Å². The zero-order valence-electron chi connectivity index (χ0n) is 14.6. The molecule has 27 heavy (non-hydrogen) atoms. The summed E-state index contributed by atoms with van der Waals surface area (Å²) in [5, 5.41) is 0. The molecule has 0 N–H and O–H groups in total. The SMILES string of the molecule is O=C1CC(c2cc(F)cc(F)c2)CC(=O)N1C12CC(c3ccncc3)(C1)C2. The van der Waals surface area contributed by atoms with Gasteiger partial charge in [0.2, 0.25) is 11.8 Å². The largest absolute Gasteiger partial charge is 0.276 e. The molecule has 3 aliphatic carbocycles. The number of aromatic nitrogens is 1. The van der Waals surface area contributed by atoms with Crippen molar-refractivity contribution >= 4 is 11.8 Å². The standard InChI is InChI=1S/C21H18F2N2O2/c22-16-5-13(6-17(23)9-16)14-7-18(26)25(19(27)8-14)21-10-20(11-21,12-21)15-1-3-24-4-2-15/h1-6,9,14H,7-8,10-12H2. The summed E-state index contributed by atoms with van der Waals surface area (Å²) in [5.41, 5.74) is 1.28. The van der Waals surface area contributed by atoms with E-state index < -0.39 is 17.6 Å². The quantitative estimate of drug-likeness (QED) is 0.780. The number of amides is 2. The second-order valence-electron chi connectivity index (χ2n) is 8.20. The second-order valence-corrected chi connectivity index (χ2v) is 8.20. The molecule has 4 fully saturated rings. The number of imide groups is 1. The molecule has 1 saturated heterocycles. The van der Waals surface area contributed by atoms with Gasteiger partial charge >= 0.3 is 0 Å². The van der Waals surface area contributed by atoms with Gasteiger partial charge in [-0.3, -0.25) is 19.5 Å². The van der Waals surface area contributed by atoms with Crippen molar-refractivity contribution in [2.24, 2.45) is 0 Å². The van der Waals surface area contributed by atoms with Crippen LogP contribution in [0.4, 0.5) is 8.78 Å². The van der Waals surface area contributed by atoms with Crippen molar-refractivity contribution in [2.75, 3.05) is 0 Å². The van der Waals surface area contributed by atoms with Gasteiger partial charge in [-0.15, -0.1) is 0 Å². The predicted molar refractivity (Wildman–Crippen MR) is 92.7 cm³/mol. The molecule has 138 valence electrons. The maximum atomic E-state index is 13.5. The summed E-state index contributed by atoms with van der Waals surface area (Å²) in [6.07, 6.45) is 6.13. The fraction of sp³-hybridized carbons (Fsp3) is 0.381. The van der Waals surface area contributed by atoms with Crippen LogP contribution >= 0.6 is 0 Å². The van der Waals surface area contributed by atoms with E-state index in [1.165, 1.54) is 22.6 Å². The van der Waals surface area contributed by atoms with Crippen molar-refractivity contribution < 1.29 is 18.4 Å². The molecule has 0 spiro atoms. The first-order chi connectivity index (χ1) is 12.9. The van der Waals surface area contributed by atoms with Gasteiger partial charge in [0.05, 0.1) is 5.54 Å². The van der Waals surface area contributed by atoms with Crippen LogP contribution in [0.3, 0.4) is 0 Å². The van der Waals surface area contributed by atoms with Crippen LogP contribution in [-0.2, 0) is 15.0 Å².